The number of para-hydroxylation sites is 1. The molecule has 3 nitrogen and oxygen atoms in total. The van der Waals surface area contributed by atoms with Gasteiger partial charge in [-0.25, -0.2) is 0 Å². The smallest absolute Gasteiger partial charge is 0.241 e. The Balaban J connectivity index is 1.77. The Kier molecular flexibility index (Phi) is 5.90. The molecule has 1 saturated heterocycles. The molecule has 20 heavy (non-hydrogen) atoms. The molecule has 1 aliphatic heterocycles. The molecule has 1 atom stereocenters. The highest BCUT2D eigenvalue weighted by molar-refractivity contribution is 5.80. The second-order valence-electron chi connectivity index (χ2n) is 5.69. The van der Waals surface area contributed by atoms with E-state index in [1.807, 2.05) is 35.2 Å². The number of nitrogens with zero attached hydrogens (tertiary/aromatic N) is 1. The van der Waals surface area contributed by atoms with E-state index in [4.69, 9.17) is 0 Å². The molecule has 3 heteroatoms. The highest BCUT2D eigenvalue weighted by Crippen LogP contribution is 2.21. The van der Waals surface area contributed by atoms with Crippen LogP contribution in [0, 0.1) is 5.92 Å². The fraction of sp³-hybridized carbons (Fsp3) is 0.588. The van der Waals surface area contributed by atoms with E-state index >= 15 is 0 Å². The topological polar surface area (TPSA) is 32.3 Å². The van der Waals surface area contributed by atoms with Gasteiger partial charge in [0.2, 0.25) is 5.91 Å². The minimum absolute atomic E-state index is 0.228. The van der Waals surface area contributed by atoms with Crippen molar-refractivity contribution in [3.8, 4) is 0 Å². The monoisotopic (exact) mass is 274 g/mol. The number of carbonyl (C=O) groups is 1. The molecule has 0 radical (unpaired) electrons. The van der Waals surface area contributed by atoms with Gasteiger partial charge in [-0.2, -0.15) is 0 Å². The third-order valence-corrected chi connectivity index (χ3v) is 4.11. The first kappa shape index (κ1) is 14.9. The molecule has 0 bridgehead atoms. The van der Waals surface area contributed by atoms with Crippen LogP contribution in [0.15, 0.2) is 30.3 Å². The summed E-state index contributed by atoms with van der Waals surface area (Å²) in [4.78, 5) is 14.3. The second-order valence-corrected chi connectivity index (χ2v) is 5.69. The number of amides is 1. The van der Waals surface area contributed by atoms with Gasteiger partial charge in [-0.3, -0.25) is 4.79 Å². The lowest BCUT2D eigenvalue weighted by Crippen LogP contribution is -2.36. The van der Waals surface area contributed by atoms with Crippen LogP contribution in [0.4, 0.5) is 5.69 Å². The molecule has 1 N–H and O–H groups in total. The predicted octanol–water partition coefficient (Wildman–Crippen LogP) is 3.53. The first-order valence-electron chi connectivity index (χ1n) is 7.86. The van der Waals surface area contributed by atoms with Crippen molar-refractivity contribution >= 4 is 11.6 Å². The van der Waals surface area contributed by atoms with Crippen LogP contribution in [-0.2, 0) is 4.79 Å². The van der Waals surface area contributed by atoms with Gasteiger partial charge in [-0.05, 0) is 37.3 Å². The van der Waals surface area contributed by atoms with Crippen LogP contribution in [0.1, 0.15) is 39.0 Å². The molecule has 110 valence electrons. The first-order valence-corrected chi connectivity index (χ1v) is 7.86. The number of anilines is 1. The number of nitrogens with one attached hydrogen (secondary N) is 1. The fourth-order valence-corrected chi connectivity index (χ4v) is 2.96. The zero-order chi connectivity index (χ0) is 14.2. The van der Waals surface area contributed by atoms with Gasteiger partial charge in [0.05, 0.1) is 6.54 Å². The van der Waals surface area contributed by atoms with Crippen molar-refractivity contribution in [1.29, 1.82) is 0 Å². The minimum atomic E-state index is 0.228. The van der Waals surface area contributed by atoms with E-state index < -0.39 is 0 Å². The molecule has 1 aromatic carbocycles. The van der Waals surface area contributed by atoms with E-state index in [0.29, 0.717) is 6.54 Å². The Morgan fingerprint density at radius 1 is 1.25 bits per heavy atom. The van der Waals surface area contributed by atoms with Crippen molar-refractivity contribution < 1.29 is 4.79 Å². The lowest BCUT2D eigenvalue weighted by molar-refractivity contribution is -0.129. The molecule has 1 aliphatic rings. The number of benzene rings is 1. The van der Waals surface area contributed by atoms with Crippen LogP contribution in [0.25, 0.3) is 0 Å². The average Bonchev–Trinajstić information content (AvgIpc) is 2.72. The van der Waals surface area contributed by atoms with E-state index in [1.54, 1.807) is 0 Å². The Bertz CT molecular complexity index is 405. The summed E-state index contributed by atoms with van der Waals surface area (Å²) in [5, 5.41) is 3.21. The molecular weight excluding hydrogens is 248 g/mol. The molecule has 0 spiro atoms. The minimum Gasteiger partial charge on any atom is -0.376 e. The third kappa shape index (κ3) is 4.55. The maximum absolute atomic E-state index is 12.3. The molecule has 0 aromatic heterocycles. The number of hydrogen-bond acceptors (Lipinski definition) is 2. The Hall–Kier alpha value is -1.51. The van der Waals surface area contributed by atoms with E-state index in [1.165, 1.54) is 25.7 Å². The van der Waals surface area contributed by atoms with Crippen molar-refractivity contribution in [1.82, 2.24) is 4.90 Å². The molecule has 2 rings (SSSR count). The largest absolute Gasteiger partial charge is 0.376 e. The third-order valence-electron chi connectivity index (χ3n) is 4.11. The predicted molar refractivity (Wildman–Crippen MR) is 83.8 cm³/mol. The molecule has 0 saturated carbocycles. The van der Waals surface area contributed by atoms with Gasteiger partial charge in [-0.1, -0.05) is 38.0 Å². The second kappa shape index (κ2) is 7.93. The molecule has 0 aliphatic carbocycles. The first-order chi connectivity index (χ1) is 9.79. The highest BCUT2D eigenvalue weighted by atomic mass is 16.2. The Morgan fingerprint density at radius 2 is 2.05 bits per heavy atom. The molecule has 1 amide bonds. The van der Waals surface area contributed by atoms with Crippen molar-refractivity contribution in [3.63, 3.8) is 0 Å². The summed E-state index contributed by atoms with van der Waals surface area (Å²) in [6.45, 7) is 4.51. The SMILES string of the molecule is CCCC1CCCN(C(=O)CNc2ccccc2)CC1. The standard InChI is InChI=1S/C17H26N2O/c1-2-7-15-8-6-12-19(13-11-15)17(20)14-18-16-9-4-3-5-10-16/h3-5,9-10,15,18H,2,6-8,11-14H2,1H3. The van der Waals surface area contributed by atoms with Gasteiger partial charge >= 0.3 is 0 Å². The van der Waals surface area contributed by atoms with E-state index in [0.717, 1.165) is 31.1 Å². The van der Waals surface area contributed by atoms with Crippen molar-refractivity contribution in [2.75, 3.05) is 25.0 Å². The molecule has 1 fully saturated rings. The number of likely N-dealkylation sites (tertiary alicyclic amines) is 1. The van der Waals surface area contributed by atoms with Gasteiger partial charge in [0, 0.05) is 18.8 Å². The van der Waals surface area contributed by atoms with Crippen molar-refractivity contribution in [3.05, 3.63) is 30.3 Å². The summed E-state index contributed by atoms with van der Waals surface area (Å²) in [5.41, 5.74) is 1.01. The highest BCUT2D eigenvalue weighted by Gasteiger charge is 2.19. The zero-order valence-electron chi connectivity index (χ0n) is 12.5. The van der Waals surface area contributed by atoms with Crippen molar-refractivity contribution in [2.24, 2.45) is 5.92 Å². The molecule has 1 aromatic rings. The number of rotatable bonds is 5. The average molecular weight is 274 g/mol. The van der Waals surface area contributed by atoms with E-state index in [2.05, 4.69) is 12.2 Å². The number of hydrogen-bond donors (Lipinski definition) is 1. The molecule has 1 heterocycles. The van der Waals surface area contributed by atoms with E-state index in [9.17, 15) is 4.79 Å². The summed E-state index contributed by atoms with van der Waals surface area (Å²) in [6, 6.07) is 9.93. The van der Waals surface area contributed by atoms with Crippen molar-refractivity contribution in [2.45, 2.75) is 39.0 Å². The van der Waals surface area contributed by atoms with Gasteiger partial charge < -0.3 is 10.2 Å². The van der Waals surface area contributed by atoms with Crippen LogP contribution in [-0.4, -0.2) is 30.4 Å². The summed E-state index contributed by atoms with van der Waals surface area (Å²) in [5.74, 6) is 1.05. The van der Waals surface area contributed by atoms with Crippen LogP contribution >= 0.6 is 0 Å². The molecular formula is C17H26N2O. The summed E-state index contributed by atoms with van der Waals surface area (Å²) in [6.07, 6.45) is 6.18. The fourth-order valence-electron chi connectivity index (χ4n) is 2.96. The van der Waals surface area contributed by atoms with Crippen LogP contribution < -0.4 is 5.32 Å². The zero-order valence-corrected chi connectivity index (χ0v) is 12.5. The normalized spacial score (nSPS) is 19.4. The Labute approximate surface area is 122 Å². The van der Waals surface area contributed by atoms with E-state index in [-0.39, 0.29) is 5.91 Å². The number of carbonyl (C=O) groups excluding carboxylic acids is 1. The van der Waals surface area contributed by atoms with Gasteiger partial charge in [0.25, 0.3) is 0 Å². The summed E-state index contributed by atoms with van der Waals surface area (Å²) < 4.78 is 0. The lowest BCUT2D eigenvalue weighted by Gasteiger charge is -2.21. The quantitative estimate of drug-likeness (QED) is 0.891. The summed E-state index contributed by atoms with van der Waals surface area (Å²) in [7, 11) is 0. The van der Waals surface area contributed by atoms with Gasteiger partial charge in [0.1, 0.15) is 0 Å². The lowest BCUT2D eigenvalue weighted by atomic mass is 9.96. The van der Waals surface area contributed by atoms with Crippen LogP contribution in [0.2, 0.25) is 0 Å². The maximum Gasteiger partial charge on any atom is 0.241 e. The van der Waals surface area contributed by atoms with Gasteiger partial charge in [-0.15, -0.1) is 0 Å². The maximum atomic E-state index is 12.3. The van der Waals surface area contributed by atoms with Gasteiger partial charge in [0.15, 0.2) is 0 Å². The summed E-state index contributed by atoms with van der Waals surface area (Å²) >= 11 is 0. The van der Waals surface area contributed by atoms with Crippen LogP contribution in [0.3, 0.4) is 0 Å². The Morgan fingerprint density at radius 3 is 2.80 bits per heavy atom. The molecule has 1 unspecified atom stereocenters. The van der Waals surface area contributed by atoms with Crippen LogP contribution in [0.5, 0.6) is 0 Å².